The molecular formula is C26H32N2O4. The number of rotatable bonds is 4. The molecular weight excluding hydrogens is 404 g/mol. The van der Waals surface area contributed by atoms with Gasteiger partial charge >= 0.3 is 5.97 Å². The van der Waals surface area contributed by atoms with Gasteiger partial charge in [-0.15, -0.1) is 0 Å². The highest BCUT2D eigenvalue weighted by Gasteiger charge is 2.55. The lowest BCUT2D eigenvalue weighted by atomic mass is 9.73. The molecule has 0 spiro atoms. The zero-order valence-corrected chi connectivity index (χ0v) is 19.0. The van der Waals surface area contributed by atoms with E-state index in [9.17, 15) is 9.59 Å². The van der Waals surface area contributed by atoms with Crippen molar-refractivity contribution < 1.29 is 19.1 Å². The average Bonchev–Trinajstić information content (AvgIpc) is 3.21. The summed E-state index contributed by atoms with van der Waals surface area (Å²) in [4.78, 5) is 28.9. The Kier molecular flexibility index (Phi) is 6.35. The molecule has 6 nitrogen and oxygen atoms in total. The van der Waals surface area contributed by atoms with Crippen LogP contribution in [0.4, 0.5) is 0 Å². The van der Waals surface area contributed by atoms with Crippen molar-refractivity contribution in [3.8, 4) is 0 Å². The number of nitrogens with one attached hydrogen (secondary N) is 1. The lowest BCUT2D eigenvalue weighted by Gasteiger charge is -2.39. The summed E-state index contributed by atoms with van der Waals surface area (Å²) in [5.74, 6) is -0.742. The number of nitrogens with zero attached hydrogens (tertiary/aromatic N) is 1. The van der Waals surface area contributed by atoms with Gasteiger partial charge < -0.3 is 14.4 Å². The predicted octanol–water partition coefficient (Wildman–Crippen LogP) is 3.11. The van der Waals surface area contributed by atoms with Gasteiger partial charge in [-0.1, -0.05) is 60.7 Å². The van der Waals surface area contributed by atoms with Gasteiger partial charge in [0.15, 0.2) is 0 Å². The van der Waals surface area contributed by atoms with Crippen molar-refractivity contribution in [3.63, 3.8) is 0 Å². The zero-order valence-electron chi connectivity index (χ0n) is 19.0. The molecule has 2 aromatic rings. The first-order valence-corrected chi connectivity index (χ1v) is 11.3. The van der Waals surface area contributed by atoms with E-state index in [0.29, 0.717) is 32.7 Å². The van der Waals surface area contributed by atoms with Crippen LogP contribution in [0.25, 0.3) is 0 Å². The van der Waals surface area contributed by atoms with E-state index >= 15 is 0 Å². The smallest absolute Gasteiger partial charge is 0.323 e. The molecule has 2 aliphatic rings. The standard InChI is InChI=1S/C26H32N2O4/c1-25(2,3)32-24(30)22-18-21(23(29)28-14-16-31-17-15-28)26(27-22,19-10-6-4-7-11-19)20-12-8-5-9-13-20/h4-13,21-22,27H,14-18H2,1-3H3. The molecule has 32 heavy (non-hydrogen) atoms. The van der Waals surface area contributed by atoms with E-state index in [1.807, 2.05) is 86.3 Å². The predicted molar refractivity (Wildman–Crippen MR) is 122 cm³/mol. The second kappa shape index (κ2) is 9.04. The summed E-state index contributed by atoms with van der Waals surface area (Å²) < 4.78 is 11.2. The molecule has 4 rings (SSSR count). The maximum absolute atomic E-state index is 13.9. The molecule has 2 fully saturated rings. The molecule has 6 heteroatoms. The van der Waals surface area contributed by atoms with Crippen molar-refractivity contribution in [1.29, 1.82) is 0 Å². The van der Waals surface area contributed by atoms with Crippen LogP contribution in [0.3, 0.4) is 0 Å². The highest BCUT2D eigenvalue weighted by molar-refractivity contribution is 5.86. The topological polar surface area (TPSA) is 67.9 Å². The molecule has 2 heterocycles. The van der Waals surface area contributed by atoms with Crippen LogP contribution in [-0.2, 0) is 24.6 Å². The van der Waals surface area contributed by atoms with Gasteiger partial charge in [-0.25, -0.2) is 0 Å². The number of ether oxygens (including phenoxy) is 2. The Morgan fingerprint density at radius 2 is 1.50 bits per heavy atom. The molecule has 0 bridgehead atoms. The number of hydrogen-bond acceptors (Lipinski definition) is 5. The summed E-state index contributed by atoms with van der Waals surface area (Å²) in [6, 6.07) is 19.3. The third-order valence-corrected chi connectivity index (χ3v) is 6.17. The van der Waals surface area contributed by atoms with E-state index in [0.717, 1.165) is 11.1 Å². The quantitative estimate of drug-likeness (QED) is 0.746. The Morgan fingerprint density at radius 3 is 2.00 bits per heavy atom. The van der Waals surface area contributed by atoms with Crippen molar-refractivity contribution in [2.75, 3.05) is 26.3 Å². The maximum atomic E-state index is 13.9. The molecule has 1 N–H and O–H groups in total. The molecule has 2 aliphatic heterocycles. The largest absolute Gasteiger partial charge is 0.459 e. The third kappa shape index (κ3) is 4.43. The van der Waals surface area contributed by atoms with Crippen LogP contribution in [0.2, 0.25) is 0 Å². The first-order valence-electron chi connectivity index (χ1n) is 11.3. The fourth-order valence-electron chi connectivity index (χ4n) is 4.80. The van der Waals surface area contributed by atoms with Gasteiger partial charge in [0, 0.05) is 13.1 Å². The van der Waals surface area contributed by atoms with Gasteiger partial charge in [0.2, 0.25) is 5.91 Å². The molecule has 2 atom stereocenters. The average molecular weight is 437 g/mol. The van der Waals surface area contributed by atoms with Crippen molar-refractivity contribution in [2.45, 2.75) is 44.4 Å². The van der Waals surface area contributed by atoms with Crippen LogP contribution in [0.5, 0.6) is 0 Å². The molecule has 170 valence electrons. The molecule has 1 amide bonds. The van der Waals surface area contributed by atoms with E-state index in [-0.39, 0.29) is 11.9 Å². The number of carbonyl (C=O) groups excluding carboxylic acids is 2. The summed E-state index contributed by atoms with van der Waals surface area (Å²) in [5.41, 5.74) is 0.486. The lowest BCUT2D eigenvalue weighted by molar-refractivity contribution is -0.157. The second-order valence-electron chi connectivity index (χ2n) is 9.50. The Balaban J connectivity index is 1.81. The lowest BCUT2D eigenvalue weighted by Crippen LogP contribution is -2.53. The highest BCUT2D eigenvalue weighted by Crippen LogP contribution is 2.45. The summed E-state index contributed by atoms with van der Waals surface area (Å²) in [6.45, 7) is 7.77. The Labute approximate surface area is 189 Å². The second-order valence-corrected chi connectivity index (χ2v) is 9.50. The molecule has 0 aromatic heterocycles. The molecule has 0 saturated carbocycles. The monoisotopic (exact) mass is 436 g/mol. The molecule has 2 aromatic carbocycles. The summed E-state index contributed by atoms with van der Waals surface area (Å²) in [5, 5.41) is 3.58. The van der Waals surface area contributed by atoms with Crippen molar-refractivity contribution in [1.82, 2.24) is 10.2 Å². The van der Waals surface area contributed by atoms with Crippen LogP contribution >= 0.6 is 0 Å². The first-order chi connectivity index (χ1) is 15.3. The minimum absolute atomic E-state index is 0.0413. The van der Waals surface area contributed by atoms with Crippen molar-refractivity contribution >= 4 is 11.9 Å². The Bertz CT molecular complexity index is 894. The van der Waals surface area contributed by atoms with Crippen LogP contribution in [0.1, 0.15) is 38.3 Å². The van der Waals surface area contributed by atoms with E-state index in [2.05, 4.69) is 5.32 Å². The number of esters is 1. The summed E-state index contributed by atoms with van der Waals surface area (Å²) >= 11 is 0. The van der Waals surface area contributed by atoms with Gasteiger partial charge in [0.1, 0.15) is 11.6 Å². The number of hydrogen-bond donors (Lipinski definition) is 1. The third-order valence-electron chi connectivity index (χ3n) is 6.17. The molecule has 2 saturated heterocycles. The SMILES string of the molecule is CC(C)(C)OC(=O)C1CC(C(=O)N2CCOCC2)C(c2ccccc2)(c2ccccc2)N1. The number of amides is 1. The van der Waals surface area contributed by atoms with Crippen molar-refractivity contribution in [3.05, 3.63) is 71.8 Å². The molecule has 0 aliphatic carbocycles. The van der Waals surface area contributed by atoms with Gasteiger partial charge in [0.05, 0.1) is 24.7 Å². The maximum Gasteiger partial charge on any atom is 0.323 e. The highest BCUT2D eigenvalue weighted by atomic mass is 16.6. The van der Waals surface area contributed by atoms with E-state index in [4.69, 9.17) is 9.47 Å². The minimum Gasteiger partial charge on any atom is -0.459 e. The van der Waals surface area contributed by atoms with Gasteiger partial charge in [-0.3, -0.25) is 14.9 Å². The van der Waals surface area contributed by atoms with E-state index < -0.39 is 23.1 Å². The number of morpholine rings is 1. The summed E-state index contributed by atoms with van der Waals surface area (Å²) in [6.07, 6.45) is 0.370. The molecule has 2 unspecified atom stereocenters. The molecule has 0 radical (unpaired) electrons. The van der Waals surface area contributed by atoms with E-state index in [1.54, 1.807) is 0 Å². The first kappa shape index (κ1) is 22.5. The van der Waals surface area contributed by atoms with Crippen molar-refractivity contribution in [2.24, 2.45) is 5.92 Å². The Morgan fingerprint density at radius 1 is 0.969 bits per heavy atom. The fraction of sp³-hybridized carbons (Fsp3) is 0.462. The van der Waals surface area contributed by atoms with Crippen LogP contribution < -0.4 is 5.32 Å². The van der Waals surface area contributed by atoms with Gasteiger partial charge in [0.25, 0.3) is 0 Å². The van der Waals surface area contributed by atoms with E-state index in [1.165, 1.54) is 0 Å². The minimum atomic E-state index is -0.834. The van der Waals surface area contributed by atoms with Crippen LogP contribution in [0.15, 0.2) is 60.7 Å². The zero-order chi connectivity index (χ0) is 22.8. The number of benzene rings is 2. The number of carbonyl (C=O) groups is 2. The fourth-order valence-corrected chi connectivity index (χ4v) is 4.80. The van der Waals surface area contributed by atoms with Gasteiger partial charge in [-0.05, 0) is 38.3 Å². The summed E-state index contributed by atoms with van der Waals surface area (Å²) in [7, 11) is 0. The normalized spacial score (nSPS) is 23.0. The van der Waals surface area contributed by atoms with Gasteiger partial charge in [-0.2, -0.15) is 0 Å². The van der Waals surface area contributed by atoms with Crippen LogP contribution in [0, 0.1) is 5.92 Å². The van der Waals surface area contributed by atoms with Crippen LogP contribution in [-0.4, -0.2) is 54.7 Å². The Hall–Kier alpha value is -2.70.